The summed E-state index contributed by atoms with van der Waals surface area (Å²) in [5.74, 6) is 1.68. The van der Waals surface area contributed by atoms with Crippen molar-refractivity contribution in [3.05, 3.63) is 29.3 Å². The van der Waals surface area contributed by atoms with Crippen LogP contribution in [0.5, 0.6) is 5.75 Å². The maximum Gasteiger partial charge on any atom is 0.191 e. The normalized spacial score (nSPS) is 12.4. The lowest BCUT2D eigenvalue weighted by molar-refractivity contribution is 0.0268. The first-order valence-electron chi connectivity index (χ1n) is 8.61. The molecule has 0 saturated heterocycles. The second kappa shape index (κ2) is 9.52. The van der Waals surface area contributed by atoms with Crippen LogP contribution in [0.3, 0.4) is 0 Å². The lowest BCUT2D eigenvalue weighted by atomic mass is 10.1. The summed E-state index contributed by atoms with van der Waals surface area (Å²) in [4.78, 5) is 4.68. The molecule has 5 heteroatoms. The number of nitrogens with zero attached hydrogens (tertiary/aromatic N) is 1. The minimum atomic E-state index is -0.244. The van der Waals surface area contributed by atoms with E-state index in [2.05, 4.69) is 47.7 Å². The van der Waals surface area contributed by atoms with Crippen LogP contribution in [0.4, 0.5) is 0 Å². The average molecular weight is 335 g/mol. The molecule has 0 saturated carbocycles. The lowest BCUT2D eigenvalue weighted by Gasteiger charge is -2.24. The molecule has 0 bridgehead atoms. The molecule has 0 atom stereocenters. The fourth-order valence-corrected chi connectivity index (χ4v) is 2.03. The van der Waals surface area contributed by atoms with Crippen molar-refractivity contribution in [3.63, 3.8) is 0 Å². The van der Waals surface area contributed by atoms with Gasteiger partial charge in [-0.2, -0.15) is 0 Å². The summed E-state index contributed by atoms with van der Waals surface area (Å²) in [6.45, 7) is 14.3. The van der Waals surface area contributed by atoms with E-state index >= 15 is 0 Å². The predicted octanol–water partition coefficient (Wildman–Crippen LogP) is 3.26. The fourth-order valence-electron chi connectivity index (χ4n) is 2.03. The van der Waals surface area contributed by atoms with Crippen molar-refractivity contribution in [2.24, 2.45) is 4.99 Å². The van der Waals surface area contributed by atoms with Crippen molar-refractivity contribution in [2.45, 2.75) is 59.8 Å². The Bertz CT molecular complexity index is 539. The third-order valence-corrected chi connectivity index (χ3v) is 3.57. The van der Waals surface area contributed by atoms with E-state index in [1.807, 2.05) is 27.7 Å². The van der Waals surface area contributed by atoms with E-state index in [0.29, 0.717) is 13.1 Å². The van der Waals surface area contributed by atoms with Gasteiger partial charge in [0.2, 0.25) is 0 Å². The zero-order valence-electron chi connectivity index (χ0n) is 16.2. The van der Waals surface area contributed by atoms with Crippen molar-refractivity contribution >= 4 is 5.96 Å². The van der Waals surface area contributed by atoms with Crippen molar-refractivity contribution in [3.8, 4) is 5.75 Å². The molecule has 1 rings (SSSR count). The zero-order chi connectivity index (χ0) is 18.2. The highest BCUT2D eigenvalue weighted by Crippen LogP contribution is 2.22. The van der Waals surface area contributed by atoms with E-state index in [9.17, 15) is 0 Å². The first-order valence-corrected chi connectivity index (χ1v) is 8.61. The summed E-state index contributed by atoms with van der Waals surface area (Å²) >= 11 is 0. The highest BCUT2D eigenvalue weighted by atomic mass is 16.5. The molecule has 2 N–H and O–H groups in total. The lowest BCUT2D eigenvalue weighted by Crippen LogP contribution is -2.45. The molecular weight excluding hydrogens is 302 g/mol. The number of benzene rings is 1. The van der Waals surface area contributed by atoms with Crippen LogP contribution in [0, 0.1) is 6.92 Å². The molecule has 0 unspecified atom stereocenters. The van der Waals surface area contributed by atoms with E-state index in [1.54, 1.807) is 7.11 Å². The van der Waals surface area contributed by atoms with Crippen molar-refractivity contribution in [2.75, 3.05) is 20.2 Å². The largest absolute Gasteiger partial charge is 0.491 e. The van der Waals surface area contributed by atoms with Crippen LogP contribution in [-0.2, 0) is 11.3 Å². The summed E-state index contributed by atoms with van der Waals surface area (Å²) < 4.78 is 11.4. The molecule has 0 radical (unpaired) electrons. The smallest absolute Gasteiger partial charge is 0.191 e. The molecule has 5 nitrogen and oxygen atoms in total. The summed E-state index contributed by atoms with van der Waals surface area (Å²) in [5.41, 5.74) is 2.02. The van der Waals surface area contributed by atoms with E-state index in [-0.39, 0.29) is 11.7 Å². The topological polar surface area (TPSA) is 54.9 Å². The van der Waals surface area contributed by atoms with Gasteiger partial charge in [-0.15, -0.1) is 0 Å². The molecule has 1 aromatic rings. The second-order valence-electron chi connectivity index (χ2n) is 6.79. The van der Waals surface area contributed by atoms with Crippen molar-refractivity contribution in [1.29, 1.82) is 0 Å². The van der Waals surface area contributed by atoms with Crippen LogP contribution in [0.15, 0.2) is 23.2 Å². The Balaban J connectivity index is 2.85. The monoisotopic (exact) mass is 335 g/mol. The SMILES string of the molecule is CCNC(=NCc1ccc(C)cc1OC(C)C)NCC(C)(C)OC. The van der Waals surface area contributed by atoms with Crippen LogP contribution >= 0.6 is 0 Å². The Morgan fingerprint density at radius 3 is 2.54 bits per heavy atom. The molecule has 24 heavy (non-hydrogen) atoms. The minimum absolute atomic E-state index is 0.142. The molecule has 1 aromatic carbocycles. The third kappa shape index (κ3) is 7.21. The summed E-state index contributed by atoms with van der Waals surface area (Å²) in [6.07, 6.45) is 0.142. The van der Waals surface area contributed by atoms with E-state index in [0.717, 1.165) is 23.8 Å². The molecule has 0 aliphatic carbocycles. The molecular formula is C19H33N3O2. The van der Waals surface area contributed by atoms with Crippen molar-refractivity contribution < 1.29 is 9.47 Å². The highest BCUT2D eigenvalue weighted by Gasteiger charge is 2.16. The molecule has 0 aromatic heterocycles. The number of aliphatic imine (C=N–C) groups is 1. The van der Waals surface area contributed by atoms with Crippen LogP contribution in [0.2, 0.25) is 0 Å². The Hall–Kier alpha value is -1.75. The van der Waals surface area contributed by atoms with Gasteiger partial charge in [-0.1, -0.05) is 12.1 Å². The fraction of sp³-hybridized carbons (Fsp3) is 0.632. The quantitative estimate of drug-likeness (QED) is 0.565. The molecule has 0 aliphatic rings. The summed E-state index contributed by atoms with van der Waals surface area (Å²) in [7, 11) is 1.72. The maximum atomic E-state index is 5.92. The summed E-state index contributed by atoms with van der Waals surface area (Å²) in [5, 5.41) is 6.59. The molecule has 0 aliphatic heterocycles. The van der Waals surface area contributed by atoms with Gasteiger partial charge in [0.1, 0.15) is 5.75 Å². The molecule has 0 spiro atoms. The molecule has 0 fully saturated rings. The van der Waals surface area contributed by atoms with E-state index < -0.39 is 0 Å². The number of ether oxygens (including phenoxy) is 2. The number of guanidine groups is 1. The van der Waals surface area contributed by atoms with E-state index in [1.165, 1.54) is 5.56 Å². The van der Waals surface area contributed by atoms with Crippen molar-refractivity contribution in [1.82, 2.24) is 10.6 Å². The van der Waals surface area contributed by atoms with Gasteiger partial charge in [-0.25, -0.2) is 4.99 Å². The minimum Gasteiger partial charge on any atom is -0.491 e. The third-order valence-electron chi connectivity index (χ3n) is 3.57. The number of hydrogen-bond acceptors (Lipinski definition) is 3. The van der Waals surface area contributed by atoms with Crippen LogP contribution in [0.25, 0.3) is 0 Å². The van der Waals surface area contributed by atoms with Gasteiger partial charge < -0.3 is 20.1 Å². The second-order valence-corrected chi connectivity index (χ2v) is 6.79. The highest BCUT2D eigenvalue weighted by molar-refractivity contribution is 5.79. The molecule has 136 valence electrons. The zero-order valence-corrected chi connectivity index (χ0v) is 16.2. The number of aryl methyl sites for hydroxylation is 1. The van der Waals surface area contributed by atoms with Gasteiger partial charge in [0, 0.05) is 25.8 Å². The predicted molar refractivity (Wildman–Crippen MR) is 101 cm³/mol. The molecule has 0 amide bonds. The van der Waals surface area contributed by atoms with Gasteiger partial charge in [0.15, 0.2) is 5.96 Å². The van der Waals surface area contributed by atoms with Gasteiger partial charge in [-0.3, -0.25) is 0 Å². The van der Waals surface area contributed by atoms with Crippen LogP contribution in [0.1, 0.15) is 45.7 Å². The number of nitrogens with one attached hydrogen (secondary N) is 2. The van der Waals surface area contributed by atoms with Gasteiger partial charge in [-0.05, 0) is 53.2 Å². The Morgan fingerprint density at radius 1 is 1.25 bits per heavy atom. The Kier molecular flexibility index (Phi) is 8.05. The maximum absolute atomic E-state index is 5.92. The number of methoxy groups -OCH3 is 1. The van der Waals surface area contributed by atoms with Gasteiger partial charge in [0.05, 0.1) is 18.2 Å². The van der Waals surface area contributed by atoms with E-state index in [4.69, 9.17) is 9.47 Å². The number of rotatable bonds is 8. The standard InChI is InChI=1S/C19H33N3O2/c1-8-20-18(22-13-19(5,6)23-7)21-12-16-10-9-15(4)11-17(16)24-14(2)3/h9-11,14H,8,12-13H2,1-7H3,(H2,20,21,22). The summed E-state index contributed by atoms with van der Waals surface area (Å²) in [6, 6.07) is 6.24. The number of hydrogen-bond donors (Lipinski definition) is 2. The molecule has 0 heterocycles. The first-order chi connectivity index (χ1) is 11.3. The first kappa shape index (κ1) is 20.3. The van der Waals surface area contributed by atoms with Gasteiger partial charge in [0.25, 0.3) is 0 Å². The average Bonchev–Trinajstić information content (AvgIpc) is 2.51. The van der Waals surface area contributed by atoms with Gasteiger partial charge >= 0.3 is 0 Å². The van der Waals surface area contributed by atoms with Crippen LogP contribution < -0.4 is 15.4 Å². The Morgan fingerprint density at radius 2 is 1.96 bits per heavy atom. The Labute approximate surface area is 146 Å². The van der Waals surface area contributed by atoms with Crippen LogP contribution in [-0.4, -0.2) is 37.9 Å².